The van der Waals surface area contributed by atoms with E-state index in [0.29, 0.717) is 10.6 Å². The van der Waals surface area contributed by atoms with Gasteiger partial charge >= 0.3 is 0 Å². The number of fused-ring (bicyclic) bond motifs is 1. The van der Waals surface area contributed by atoms with Gasteiger partial charge in [-0.1, -0.05) is 45.7 Å². The number of hydrogen-bond donors (Lipinski definition) is 0. The fourth-order valence-electron chi connectivity index (χ4n) is 2.25. The molecule has 0 N–H and O–H groups in total. The van der Waals surface area contributed by atoms with Gasteiger partial charge in [-0.05, 0) is 29.3 Å². The second-order valence-corrected chi connectivity index (χ2v) is 5.85. The zero-order chi connectivity index (χ0) is 13.4. The highest BCUT2D eigenvalue weighted by Crippen LogP contribution is 2.36. The van der Waals surface area contributed by atoms with Crippen LogP contribution in [-0.4, -0.2) is 6.61 Å². The summed E-state index contributed by atoms with van der Waals surface area (Å²) in [5, 5.41) is 0.406. The molecule has 3 rings (SSSR count). The smallest absolute Gasteiger partial charge is 0.129 e. The van der Waals surface area contributed by atoms with E-state index in [9.17, 15) is 4.39 Å². The molecule has 0 radical (unpaired) electrons. The van der Waals surface area contributed by atoms with E-state index in [-0.39, 0.29) is 10.6 Å². The van der Waals surface area contributed by atoms with E-state index in [2.05, 4.69) is 22.0 Å². The molecule has 0 aromatic heterocycles. The van der Waals surface area contributed by atoms with Crippen LogP contribution in [0.3, 0.4) is 0 Å². The average molecular weight is 342 g/mol. The SMILES string of the molecule is Fc1cc(Cl)ccc1C(Br)c1ccc2c(c1)CCO2. The lowest BCUT2D eigenvalue weighted by molar-refractivity contribution is 0.357. The van der Waals surface area contributed by atoms with E-state index < -0.39 is 0 Å². The van der Waals surface area contributed by atoms with Crippen molar-refractivity contribution in [3.8, 4) is 5.75 Å². The molecule has 4 heteroatoms. The summed E-state index contributed by atoms with van der Waals surface area (Å²) in [4.78, 5) is -0.185. The van der Waals surface area contributed by atoms with Crippen molar-refractivity contribution >= 4 is 27.5 Å². The van der Waals surface area contributed by atoms with E-state index in [1.54, 1.807) is 12.1 Å². The molecule has 2 aromatic carbocycles. The monoisotopic (exact) mass is 340 g/mol. The fraction of sp³-hybridized carbons (Fsp3) is 0.200. The van der Waals surface area contributed by atoms with Crippen LogP contribution in [0.4, 0.5) is 4.39 Å². The van der Waals surface area contributed by atoms with Crippen molar-refractivity contribution in [2.75, 3.05) is 6.61 Å². The molecule has 1 nitrogen and oxygen atoms in total. The summed E-state index contributed by atoms with van der Waals surface area (Å²) in [5.41, 5.74) is 2.78. The molecule has 0 saturated heterocycles. The summed E-state index contributed by atoms with van der Waals surface area (Å²) in [5.74, 6) is 0.631. The number of alkyl halides is 1. The molecule has 0 saturated carbocycles. The van der Waals surface area contributed by atoms with Gasteiger partial charge in [-0.2, -0.15) is 0 Å². The third-order valence-electron chi connectivity index (χ3n) is 3.24. The summed E-state index contributed by atoms with van der Waals surface area (Å²) < 4.78 is 19.4. The van der Waals surface area contributed by atoms with Gasteiger partial charge in [0.05, 0.1) is 11.4 Å². The lowest BCUT2D eigenvalue weighted by Crippen LogP contribution is -1.97. The quantitative estimate of drug-likeness (QED) is 0.706. The molecule has 0 aliphatic carbocycles. The molecular formula is C15H11BrClFO. The average Bonchev–Trinajstić information content (AvgIpc) is 2.85. The molecule has 19 heavy (non-hydrogen) atoms. The van der Waals surface area contributed by atoms with E-state index in [0.717, 1.165) is 24.3 Å². The summed E-state index contributed by atoms with van der Waals surface area (Å²) >= 11 is 9.33. The van der Waals surface area contributed by atoms with Crippen LogP contribution in [-0.2, 0) is 6.42 Å². The number of halogens is 3. The Morgan fingerprint density at radius 1 is 1.21 bits per heavy atom. The molecule has 0 fully saturated rings. The summed E-state index contributed by atoms with van der Waals surface area (Å²) in [7, 11) is 0. The second kappa shape index (κ2) is 5.14. The topological polar surface area (TPSA) is 9.23 Å². The van der Waals surface area contributed by atoms with Crippen LogP contribution in [0, 0.1) is 5.82 Å². The molecular weight excluding hydrogens is 331 g/mol. The Kier molecular flexibility index (Phi) is 3.50. The lowest BCUT2D eigenvalue weighted by Gasteiger charge is -2.13. The highest BCUT2D eigenvalue weighted by molar-refractivity contribution is 9.09. The van der Waals surface area contributed by atoms with Crippen molar-refractivity contribution in [3.05, 3.63) is 63.9 Å². The first kappa shape index (κ1) is 12.9. The van der Waals surface area contributed by atoms with E-state index in [1.807, 2.05) is 12.1 Å². The van der Waals surface area contributed by atoms with E-state index >= 15 is 0 Å². The predicted octanol–water partition coefficient (Wildman–Crippen LogP) is 4.90. The standard InChI is InChI=1S/C15H11BrClFO/c16-15(12-3-2-11(17)8-13(12)18)10-1-4-14-9(7-10)5-6-19-14/h1-4,7-8,15H,5-6H2. The van der Waals surface area contributed by atoms with Gasteiger partial charge < -0.3 is 4.74 Å². The first-order chi connectivity index (χ1) is 9.15. The van der Waals surface area contributed by atoms with Gasteiger partial charge in [0.15, 0.2) is 0 Å². The minimum absolute atomic E-state index is 0.185. The Morgan fingerprint density at radius 3 is 2.84 bits per heavy atom. The predicted molar refractivity (Wildman–Crippen MR) is 77.8 cm³/mol. The maximum atomic E-state index is 13.9. The summed E-state index contributed by atoms with van der Waals surface area (Å²) in [6, 6.07) is 10.7. The molecule has 0 bridgehead atoms. The highest BCUT2D eigenvalue weighted by Gasteiger charge is 2.18. The van der Waals surface area contributed by atoms with Crippen molar-refractivity contribution in [1.82, 2.24) is 0 Å². The largest absolute Gasteiger partial charge is 0.493 e. The highest BCUT2D eigenvalue weighted by atomic mass is 79.9. The molecule has 1 heterocycles. The first-order valence-electron chi connectivity index (χ1n) is 6.00. The normalized spacial score (nSPS) is 14.9. The molecule has 1 atom stereocenters. The molecule has 98 valence electrons. The minimum atomic E-state index is -0.300. The number of ether oxygens (including phenoxy) is 1. The molecule has 0 amide bonds. The van der Waals surface area contributed by atoms with Crippen LogP contribution in [0.5, 0.6) is 5.75 Å². The van der Waals surface area contributed by atoms with Gasteiger partial charge in [0.25, 0.3) is 0 Å². The molecule has 0 spiro atoms. The molecule has 1 aliphatic rings. The van der Waals surface area contributed by atoms with E-state index in [4.69, 9.17) is 16.3 Å². The third kappa shape index (κ3) is 2.49. The second-order valence-electron chi connectivity index (χ2n) is 4.49. The van der Waals surface area contributed by atoms with Gasteiger partial charge in [0.2, 0.25) is 0 Å². The van der Waals surface area contributed by atoms with Crippen LogP contribution < -0.4 is 4.74 Å². The minimum Gasteiger partial charge on any atom is -0.493 e. The Hall–Kier alpha value is -1.06. The van der Waals surface area contributed by atoms with Gasteiger partial charge in [0, 0.05) is 17.0 Å². The number of hydrogen-bond acceptors (Lipinski definition) is 1. The Labute approximate surface area is 124 Å². The van der Waals surface area contributed by atoms with Crippen molar-refractivity contribution < 1.29 is 9.13 Å². The molecule has 1 aliphatic heterocycles. The zero-order valence-corrected chi connectivity index (χ0v) is 12.3. The van der Waals surface area contributed by atoms with Crippen molar-refractivity contribution in [2.24, 2.45) is 0 Å². The molecule has 1 unspecified atom stereocenters. The maximum Gasteiger partial charge on any atom is 0.129 e. The Balaban J connectivity index is 1.97. The third-order valence-corrected chi connectivity index (χ3v) is 4.50. The summed E-state index contributed by atoms with van der Waals surface area (Å²) in [6.07, 6.45) is 0.909. The van der Waals surface area contributed by atoms with Gasteiger partial charge in [0.1, 0.15) is 11.6 Å². The van der Waals surface area contributed by atoms with Gasteiger partial charge in [-0.3, -0.25) is 0 Å². The van der Waals surface area contributed by atoms with Crippen LogP contribution in [0.15, 0.2) is 36.4 Å². The fourth-order valence-corrected chi connectivity index (χ4v) is 3.07. The van der Waals surface area contributed by atoms with Gasteiger partial charge in [-0.15, -0.1) is 0 Å². The zero-order valence-electron chi connectivity index (χ0n) is 10.00. The van der Waals surface area contributed by atoms with Crippen molar-refractivity contribution in [2.45, 2.75) is 11.2 Å². The Morgan fingerprint density at radius 2 is 2.05 bits per heavy atom. The van der Waals surface area contributed by atoms with Crippen molar-refractivity contribution in [3.63, 3.8) is 0 Å². The molecule has 2 aromatic rings. The number of benzene rings is 2. The summed E-state index contributed by atoms with van der Waals surface area (Å²) in [6.45, 7) is 0.723. The van der Waals surface area contributed by atoms with Crippen molar-refractivity contribution in [1.29, 1.82) is 0 Å². The number of rotatable bonds is 2. The van der Waals surface area contributed by atoms with E-state index in [1.165, 1.54) is 11.6 Å². The van der Waals surface area contributed by atoms with Crippen LogP contribution >= 0.6 is 27.5 Å². The van der Waals surface area contributed by atoms with Crippen LogP contribution in [0.2, 0.25) is 5.02 Å². The maximum absolute atomic E-state index is 13.9. The van der Waals surface area contributed by atoms with Crippen LogP contribution in [0.25, 0.3) is 0 Å². The Bertz CT molecular complexity index is 630. The van der Waals surface area contributed by atoms with Gasteiger partial charge in [-0.25, -0.2) is 4.39 Å². The van der Waals surface area contributed by atoms with Crippen LogP contribution in [0.1, 0.15) is 21.5 Å². The lowest BCUT2D eigenvalue weighted by atomic mass is 10.0. The first-order valence-corrected chi connectivity index (χ1v) is 7.29.